The molecule has 1 N–H and O–H groups in total. The Morgan fingerprint density at radius 1 is 1.56 bits per heavy atom. The Morgan fingerprint density at radius 2 is 2.19 bits per heavy atom. The van der Waals surface area contributed by atoms with Crippen molar-refractivity contribution in [3.63, 3.8) is 0 Å². The average molecular weight is 225 g/mol. The molecule has 0 aliphatic rings. The molecule has 1 atom stereocenters. The molecule has 1 aromatic carbocycles. The number of carboxylic acids is 1. The summed E-state index contributed by atoms with van der Waals surface area (Å²) in [6.07, 6.45) is 0. The van der Waals surface area contributed by atoms with Crippen LogP contribution in [-0.4, -0.2) is 29.6 Å². The normalized spacial score (nSPS) is 12.8. The van der Waals surface area contributed by atoms with Crippen LogP contribution < -0.4 is 0 Å². The van der Waals surface area contributed by atoms with E-state index in [1.165, 1.54) is 6.07 Å². The highest BCUT2D eigenvalue weighted by Crippen LogP contribution is 2.20. The van der Waals surface area contributed by atoms with Crippen molar-refractivity contribution in [2.45, 2.75) is 19.9 Å². The Bertz CT molecular complexity index is 393. The lowest BCUT2D eigenvalue weighted by atomic mass is 10.1. The molecule has 88 valence electrons. The lowest BCUT2D eigenvalue weighted by Crippen LogP contribution is -2.28. The third kappa shape index (κ3) is 3.03. The molecule has 1 rings (SSSR count). The van der Waals surface area contributed by atoms with Gasteiger partial charge in [-0.1, -0.05) is 12.1 Å². The van der Waals surface area contributed by atoms with Crippen molar-refractivity contribution in [3.05, 3.63) is 35.1 Å². The number of aliphatic carboxylic acids is 1. The van der Waals surface area contributed by atoms with Crippen LogP contribution in [0.1, 0.15) is 24.1 Å². The van der Waals surface area contributed by atoms with E-state index >= 15 is 0 Å². The van der Waals surface area contributed by atoms with Gasteiger partial charge in [-0.25, -0.2) is 4.39 Å². The number of carbonyl (C=O) groups is 1. The van der Waals surface area contributed by atoms with E-state index in [4.69, 9.17) is 5.11 Å². The van der Waals surface area contributed by atoms with Gasteiger partial charge in [0.25, 0.3) is 0 Å². The molecule has 0 saturated carbocycles. The van der Waals surface area contributed by atoms with Gasteiger partial charge in [0, 0.05) is 6.04 Å². The average Bonchev–Trinajstić information content (AvgIpc) is 2.20. The molecule has 0 fully saturated rings. The second-order valence-electron chi connectivity index (χ2n) is 3.99. The van der Waals surface area contributed by atoms with E-state index < -0.39 is 5.97 Å². The summed E-state index contributed by atoms with van der Waals surface area (Å²) in [5.41, 5.74) is 1.38. The molecular weight excluding hydrogens is 209 g/mol. The van der Waals surface area contributed by atoms with Crippen LogP contribution in [0, 0.1) is 12.7 Å². The SMILES string of the molecule is Cc1ccc(C(C)N(C)CC(=O)O)cc1F. The summed E-state index contributed by atoms with van der Waals surface area (Å²) in [6.45, 7) is 3.49. The minimum atomic E-state index is -0.887. The van der Waals surface area contributed by atoms with Crippen LogP contribution >= 0.6 is 0 Å². The van der Waals surface area contributed by atoms with E-state index in [0.717, 1.165) is 5.56 Å². The molecule has 16 heavy (non-hydrogen) atoms. The Hall–Kier alpha value is -1.42. The first-order valence-electron chi connectivity index (χ1n) is 5.10. The molecule has 3 nitrogen and oxygen atoms in total. The van der Waals surface area contributed by atoms with Gasteiger partial charge in [-0.15, -0.1) is 0 Å². The first-order chi connectivity index (χ1) is 7.41. The van der Waals surface area contributed by atoms with Crippen molar-refractivity contribution >= 4 is 5.97 Å². The van der Waals surface area contributed by atoms with Gasteiger partial charge in [0.15, 0.2) is 0 Å². The Kier molecular flexibility index (Phi) is 4.01. The van der Waals surface area contributed by atoms with E-state index in [9.17, 15) is 9.18 Å². The van der Waals surface area contributed by atoms with Gasteiger partial charge in [0.1, 0.15) is 5.82 Å². The van der Waals surface area contributed by atoms with Gasteiger partial charge in [-0.3, -0.25) is 9.69 Å². The fourth-order valence-electron chi connectivity index (χ4n) is 1.47. The quantitative estimate of drug-likeness (QED) is 0.854. The number of rotatable bonds is 4. The highest BCUT2D eigenvalue weighted by Gasteiger charge is 2.15. The zero-order valence-electron chi connectivity index (χ0n) is 9.70. The van der Waals surface area contributed by atoms with E-state index in [0.29, 0.717) is 5.56 Å². The number of likely N-dealkylation sites (N-methyl/N-ethyl adjacent to an activating group) is 1. The second-order valence-corrected chi connectivity index (χ2v) is 3.99. The summed E-state index contributed by atoms with van der Waals surface area (Å²) < 4.78 is 13.3. The minimum Gasteiger partial charge on any atom is -0.480 e. The largest absolute Gasteiger partial charge is 0.480 e. The highest BCUT2D eigenvalue weighted by atomic mass is 19.1. The predicted octanol–water partition coefficient (Wildman–Crippen LogP) is 2.21. The van der Waals surface area contributed by atoms with Crippen LogP contribution in [-0.2, 0) is 4.79 Å². The van der Waals surface area contributed by atoms with Gasteiger partial charge in [0.05, 0.1) is 6.54 Å². The number of aryl methyl sites for hydroxylation is 1. The van der Waals surface area contributed by atoms with Crippen molar-refractivity contribution < 1.29 is 14.3 Å². The summed E-state index contributed by atoms with van der Waals surface area (Å²) >= 11 is 0. The van der Waals surface area contributed by atoms with Gasteiger partial charge in [-0.05, 0) is 38.1 Å². The fourth-order valence-corrected chi connectivity index (χ4v) is 1.47. The van der Waals surface area contributed by atoms with Crippen molar-refractivity contribution in [3.8, 4) is 0 Å². The number of hydrogen-bond donors (Lipinski definition) is 1. The zero-order valence-corrected chi connectivity index (χ0v) is 9.70. The van der Waals surface area contributed by atoms with Gasteiger partial charge < -0.3 is 5.11 Å². The maximum atomic E-state index is 13.3. The molecule has 0 aromatic heterocycles. The lowest BCUT2D eigenvalue weighted by molar-refractivity contribution is -0.138. The Labute approximate surface area is 94.5 Å². The standard InChI is InChI=1S/C12H16FNO2/c1-8-4-5-10(6-11(8)13)9(2)14(3)7-12(15)16/h4-6,9H,7H2,1-3H3,(H,15,16). The number of nitrogens with zero attached hydrogens (tertiary/aromatic N) is 1. The van der Waals surface area contributed by atoms with Crippen molar-refractivity contribution in [1.29, 1.82) is 0 Å². The summed E-state index contributed by atoms with van der Waals surface area (Å²) in [7, 11) is 1.70. The van der Waals surface area contributed by atoms with Crippen LogP contribution in [0.2, 0.25) is 0 Å². The van der Waals surface area contributed by atoms with Crippen LogP contribution in [0.25, 0.3) is 0 Å². The third-order valence-corrected chi connectivity index (χ3v) is 2.72. The Balaban J connectivity index is 2.83. The van der Waals surface area contributed by atoms with Crippen LogP contribution in [0.15, 0.2) is 18.2 Å². The van der Waals surface area contributed by atoms with Gasteiger partial charge >= 0.3 is 5.97 Å². The van der Waals surface area contributed by atoms with Crippen molar-refractivity contribution in [1.82, 2.24) is 4.90 Å². The molecule has 1 unspecified atom stereocenters. The topological polar surface area (TPSA) is 40.5 Å². The molecule has 0 heterocycles. The molecule has 1 aromatic rings. The smallest absolute Gasteiger partial charge is 0.317 e. The molecule has 0 amide bonds. The minimum absolute atomic E-state index is 0.0589. The number of carboxylic acid groups (broad SMARTS) is 1. The van der Waals surface area contributed by atoms with Gasteiger partial charge in [0.2, 0.25) is 0 Å². The molecule has 0 aliphatic carbocycles. The molecule has 0 bridgehead atoms. The van der Waals surface area contributed by atoms with Crippen LogP contribution in [0.5, 0.6) is 0 Å². The summed E-state index contributed by atoms with van der Waals surface area (Å²) in [5, 5.41) is 8.66. The van der Waals surface area contributed by atoms with Crippen LogP contribution in [0.4, 0.5) is 4.39 Å². The molecule has 0 radical (unpaired) electrons. The third-order valence-electron chi connectivity index (χ3n) is 2.72. The highest BCUT2D eigenvalue weighted by molar-refractivity contribution is 5.69. The van der Waals surface area contributed by atoms with E-state index in [1.54, 1.807) is 24.9 Å². The van der Waals surface area contributed by atoms with E-state index in [2.05, 4.69) is 0 Å². The van der Waals surface area contributed by atoms with Crippen molar-refractivity contribution in [2.75, 3.05) is 13.6 Å². The van der Waals surface area contributed by atoms with E-state index in [1.807, 2.05) is 13.0 Å². The number of hydrogen-bond acceptors (Lipinski definition) is 2. The first-order valence-corrected chi connectivity index (χ1v) is 5.10. The second kappa shape index (κ2) is 5.07. The molecule has 4 heteroatoms. The van der Waals surface area contributed by atoms with Gasteiger partial charge in [-0.2, -0.15) is 0 Å². The number of halogens is 1. The monoisotopic (exact) mass is 225 g/mol. The zero-order chi connectivity index (χ0) is 12.3. The molecule has 0 spiro atoms. The molecule has 0 saturated heterocycles. The Morgan fingerprint density at radius 3 is 2.69 bits per heavy atom. The summed E-state index contributed by atoms with van der Waals surface area (Å²) in [5.74, 6) is -1.14. The summed E-state index contributed by atoms with van der Waals surface area (Å²) in [4.78, 5) is 12.2. The molecular formula is C12H16FNO2. The maximum absolute atomic E-state index is 13.3. The lowest BCUT2D eigenvalue weighted by Gasteiger charge is -2.23. The van der Waals surface area contributed by atoms with E-state index in [-0.39, 0.29) is 18.4 Å². The number of benzene rings is 1. The first kappa shape index (κ1) is 12.6. The fraction of sp³-hybridized carbons (Fsp3) is 0.417. The predicted molar refractivity (Wildman–Crippen MR) is 59.8 cm³/mol. The van der Waals surface area contributed by atoms with Crippen molar-refractivity contribution in [2.24, 2.45) is 0 Å². The molecule has 0 aliphatic heterocycles. The maximum Gasteiger partial charge on any atom is 0.317 e. The summed E-state index contributed by atoms with van der Waals surface area (Å²) in [6, 6.07) is 4.86. The van der Waals surface area contributed by atoms with Crippen LogP contribution in [0.3, 0.4) is 0 Å².